The lowest BCUT2D eigenvalue weighted by atomic mass is 10.2. The molecule has 0 aromatic carbocycles. The van der Waals surface area contributed by atoms with Gasteiger partial charge in [0, 0.05) is 33.0 Å². The molecular formula is C13H22N2O3. The van der Waals surface area contributed by atoms with E-state index in [4.69, 9.17) is 11.2 Å². The average Bonchev–Trinajstić information content (AvgIpc) is 2.23. The van der Waals surface area contributed by atoms with Crippen molar-refractivity contribution < 1.29 is 14.3 Å². The summed E-state index contributed by atoms with van der Waals surface area (Å²) in [5.41, 5.74) is -0.513. The van der Waals surface area contributed by atoms with Crippen LogP contribution in [0.25, 0.3) is 0 Å². The van der Waals surface area contributed by atoms with Crippen molar-refractivity contribution >= 4 is 12.0 Å². The predicted octanol–water partition coefficient (Wildman–Crippen LogP) is 1.38. The fourth-order valence-corrected chi connectivity index (χ4v) is 1.07. The Bertz CT molecular complexity index is 326. The Labute approximate surface area is 109 Å². The van der Waals surface area contributed by atoms with Crippen LogP contribution in [0.1, 0.15) is 33.6 Å². The number of carbonyl (C=O) groups is 2. The monoisotopic (exact) mass is 254 g/mol. The van der Waals surface area contributed by atoms with Gasteiger partial charge in [-0.3, -0.25) is 4.79 Å². The molecule has 0 saturated carbocycles. The van der Waals surface area contributed by atoms with Crippen LogP contribution in [-0.2, 0) is 9.53 Å². The highest BCUT2D eigenvalue weighted by atomic mass is 16.6. The average molecular weight is 254 g/mol. The zero-order valence-electron chi connectivity index (χ0n) is 11.6. The molecule has 1 N–H and O–H groups in total. The number of carbonyl (C=O) groups excluding carboxylic acids is 2. The molecule has 0 spiro atoms. The molecule has 0 atom stereocenters. The lowest BCUT2D eigenvalue weighted by Gasteiger charge is -2.24. The first kappa shape index (κ1) is 16.3. The maximum Gasteiger partial charge on any atom is 0.410 e. The lowest BCUT2D eigenvalue weighted by molar-refractivity contribution is -0.121. The number of ether oxygens (including phenoxy) is 1. The van der Waals surface area contributed by atoms with Gasteiger partial charge in [-0.05, 0) is 20.8 Å². The Balaban J connectivity index is 3.84. The molecule has 0 bridgehead atoms. The standard InChI is InChI=1S/C13H22N2O3/c1-6-7-8-11(16)14-9-10-15(5)12(17)18-13(2,3)4/h1H,7-10H2,2-5H3,(H,14,16). The predicted molar refractivity (Wildman–Crippen MR) is 69.9 cm³/mol. The molecule has 0 aromatic rings. The van der Waals surface area contributed by atoms with Crippen LogP contribution in [0.2, 0.25) is 0 Å². The minimum Gasteiger partial charge on any atom is -0.444 e. The van der Waals surface area contributed by atoms with Crippen molar-refractivity contribution in [3.8, 4) is 12.3 Å². The third-order valence-electron chi connectivity index (χ3n) is 1.97. The molecule has 0 aliphatic heterocycles. The SMILES string of the molecule is C#CCCC(=O)NCCN(C)C(=O)OC(C)(C)C. The Morgan fingerprint density at radius 2 is 2.00 bits per heavy atom. The quantitative estimate of drug-likeness (QED) is 0.754. The van der Waals surface area contributed by atoms with Gasteiger partial charge in [0.05, 0.1) is 0 Å². The summed E-state index contributed by atoms with van der Waals surface area (Å²) in [6.07, 6.45) is 5.39. The summed E-state index contributed by atoms with van der Waals surface area (Å²) in [5, 5.41) is 2.68. The number of terminal acetylenes is 1. The number of hydrogen-bond acceptors (Lipinski definition) is 3. The van der Waals surface area contributed by atoms with Crippen LogP contribution in [-0.4, -0.2) is 42.6 Å². The van der Waals surface area contributed by atoms with E-state index in [1.807, 2.05) is 0 Å². The third kappa shape index (κ3) is 8.45. The van der Waals surface area contributed by atoms with Gasteiger partial charge in [-0.1, -0.05) is 0 Å². The Morgan fingerprint density at radius 3 is 2.50 bits per heavy atom. The van der Waals surface area contributed by atoms with Gasteiger partial charge in [-0.15, -0.1) is 12.3 Å². The molecule has 0 unspecified atom stereocenters. The van der Waals surface area contributed by atoms with Gasteiger partial charge in [0.25, 0.3) is 0 Å². The van der Waals surface area contributed by atoms with E-state index in [0.717, 1.165) is 0 Å². The first-order valence-corrected chi connectivity index (χ1v) is 5.90. The van der Waals surface area contributed by atoms with E-state index < -0.39 is 11.7 Å². The summed E-state index contributed by atoms with van der Waals surface area (Å²) < 4.78 is 5.17. The second-order valence-electron chi connectivity index (χ2n) is 4.96. The minimum atomic E-state index is -0.513. The van der Waals surface area contributed by atoms with Gasteiger partial charge < -0.3 is 15.0 Å². The molecular weight excluding hydrogens is 232 g/mol. The highest BCUT2D eigenvalue weighted by Gasteiger charge is 2.19. The second-order valence-corrected chi connectivity index (χ2v) is 4.96. The summed E-state index contributed by atoms with van der Waals surface area (Å²) in [4.78, 5) is 24.2. The fourth-order valence-electron chi connectivity index (χ4n) is 1.07. The number of nitrogens with zero attached hydrogens (tertiary/aromatic N) is 1. The van der Waals surface area contributed by atoms with Crippen LogP contribution in [0.4, 0.5) is 4.79 Å². The molecule has 0 aliphatic carbocycles. The van der Waals surface area contributed by atoms with Crippen molar-refractivity contribution in [3.05, 3.63) is 0 Å². The van der Waals surface area contributed by atoms with Gasteiger partial charge in [0.15, 0.2) is 0 Å². The Kier molecular flexibility index (Phi) is 6.88. The van der Waals surface area contributed by atoms with Gasteiger partial charge in [0.2, 0.25) is 5.91 Å². The van der Waals surface area contributed by atoms with E-state index in [1.54, 1.807) is 27.8 Å². The van der Waals surface area contributed by atoms with Crippen LogP contribution in [0.5, 0.6) is 0 Å². The highest BCUT2D eigenvalue weighted by Crippen LogP contribution is 2.08. The molecule has 0 aromatic heterocycles. The minimum absolute atomic E-state index is 0.106. The molecule has 102 valence electrons. The highest BCUT2D eigenvalue weighted by molar-refractivity contribution is 5.76. The normalized spacial score (nSPS) is 10.4. The smallest absolute Gasteiger partial charge is 0.410 e. The number of rotatable bonds is 5. The van der Waals surface area contributed by atoms with Crippen molar-refractivity contribution in [1.82, 2.24) is 10.2 Å². The molecule has 0 heterocycles. The first-order chi connectivity index (χ1) is 8.26. The van der Waals surface area contributed by atoms with Gasteiger partial charge in [-0.25, -0.2) is 4.79 Å². The number of nitrogens with one attached hydrogen (secondary N) is 1. The Hall–Kier alpha value is -1.70. The van der Waals surface area contributed by atoms with Gasteiger partial charge >= 0.3 is 6.09 Å². The number of likely N-dealkylation sites (N-methyl/N-ethyl adjacent to an activating group) is 1. The molecule has 18 heavy (non-hydrogen) atoms. The van der Waals surface area contributed by atoms with Crippen LogP contribution < -0.4 is 5.32 Å². The maximum absolute atomic E-state index is 11.6. The number of hydrogen-bond donors (Lipinski definition) is 1. The molecule has 5 heteroatoms. The summed E-state index contributed by atoms with van der Waals surface area (Å²) in [7, 11) is 1.63. The van der Waals surface area contributed by atoms with Crippen molar-refractivity contribution in [2.45, 2.75) is 39.2 Å². The molecule has 2 amide bonds. The van der Waals surface area contributed by atoms with Crippen molar-refractivity contribution in [2.24, 2.45) is 0 Å². The van der Waals surface area contributed by atoms with E-state index in [2.05, 4.69) is 11.2 Å². The van der Waals surface area contributed by atoms with E-state index in [9.17, 15) is 9.59 Å². The van der Waals surface area contributed by atoms with Crippen molar-refractivity contribution in [2.75, 3.05) is 20.1 Å². The zero-order valence-corrected chi connectivity index (χ0v) is 11.6. The van der Waals surface area contributed by atoms with Gasteiger partial charge in [-0.2, -0.15) is 0 Å². The molecule has 0 aliphatic rings. The molecule has 0 rings (SSSR count). The second kappa shape index (κ2) is 7.59. The third-order valence-corrected chi connectivity index (χ3v) is 1.97. The lowest BCUT2D eigenvalue weighted by Crippen LogP contribution is -2.39. The molecule has 0 radical (unpaired) electrons. The van der Waals surface area contributed by atoms with Crippen LogP contribution in [0.3, 0.4) is 0 Å². The van der Waals surface area contributed by atoms with Crippen LogP contribution in [0, 0.1) is 12.3 Å². The van der Waals surface area contributed by atoms with E-state index in [0.29, 0.717) is 25.9 Å². The van der Waals surface area contributed by atoms with Crippen LogP contribution in [0.15, 0.2) is 0 Å². The van der Waals surface area contributed by atoms with E-state index in [1.165, 1.54) is 4.90 Å². The molecule has 5 nitrogen and oxygen atoms in total. The number of amides is 2. The largest absolute Gasteiger partial charge is 0.444 e. The summed E-state index contributed by atoms with van der Waals surface area (Å²) in [6.45, 7) is 6.21. The fraction of sp³-hybridized carbons (Fsp3) is 0.692. The van der Waals surface area contributed by atoms with E-state index in [-0.39, 0.29) is 5.91 Å². The Morgan fingerprint density at radius 1 is 1.39 bits per heavy atom. The maximum atomic E-state index is 11.6. The topological polar surface area (TPSA) is 58.6 Å². The van der Waals surface area contributed by atoms with Gasteiger partial charge in [0.1, 0.15) is 5.60 Å². The summed E-state index contributed by atoms with van der Waals surface area (Å²) in [6, 6.07) is 0. The molecule has 0 saturated heterocycles. The zero-order chi connectivity index (χ0) is 14.2. The van der Waals surface area contributed by atoms with E-state index >= 15 is 0 Å². The first-order valence-electron chi connectivity index (χ1n) is 5.90. The van der Waals surface area contributed by atoms with Crippen molar-refractivity contribution in [3.63, 3.8) is 0 Å². The van der Waals surface area contributed by atoms with Crippen molar-refractivity contribution in [1.29, 1.82) is 0 Å². The molecule has 0 fully saturated rings. The summed E-state index contributed by atoms with van der Waals surface area (Å²) in [5.74, 6) is 2.29. The van der Waals surface area contributed by atoms with Crippen LogP contribution >= 0.6 is 0 Å². The summed E-state index contributed by atoms with van der Waals surface area (Å²) >= 11 is 0.